The van der Waals surface area contributed by atoms with Crippen molar-refractivity contribution in [1.29, 1.82) is 0 Å². The van der Waals surface area contributed by atoms with Crippen molar-refractivity contribution in [3.8, 4) is 0 Å². The summed E-state index contributed by atoms with van der Waals surface area (Å²) in [6.07, 6.45) is 5.99. The molecule has 0 bridgehead atoms. The molecule has 5 heteroatoms. The molecule has 0 saturated carbocycles. The van der Waals surface area contributed by atoms with Gasteiger partial charge in [0, 0.05) is 12.8 Å². The molecule has 87 valence electrons. The average molecular weight is 216 g/mol. The maximum Gasteiger partial charge on any atom is 0.342 e. The highest BCUT2D eigenvalue weighted by molar-refractivity contribution is 5.72. The highest BCUT2D eigenvalue weighted by atomic mass is 17.1. The fourth-order valence-electron chi connectivity index (χ4n) is 1.31. The van der Waals surface area contributed by atoms with E-state index in [0.29, 0.717) is 6.42 Å². The van der Waals surface area contributed by atoms with Crippen LogP contribution in [0.5, 0.6) is 0 Å². The molecule has 0 fully saturated rings. The minimum Gasteiger partial charge on any atom is -0.301 e. The second-order valence-corrected chi connectivity index (χ2v) is 3.51. The van der Waals surface area contributed by atoms with Crippen LogP contribution >= 0.6 is 0 Å². The van der Waals surface area contributed by atoms with E-state index in [9.17, 15) is 9.59 Å². The summed E-state index contributed by atoms with van der Waals surface area (Å²) >= 11 is 0. The SMILES string of the molecule is [NH]C(=O)CCCCCCCCC(=O)OO. The van der Waals surface area contributed by atoms with Crippen molar-refractivity contribution >= 4 is 11.9 Å². The third kappa shape index (κ3) is 10.8. The molecule has 0 spiro atoms. The number of nitrogens with one attached hydrogen (secondary N) is 1. The predicted octanol–water partition coefficient (Wildman–Crippen LogP) is 1.93. The van der Waals surface area contributed by atoms with Gasteiger partial charge in [-0.1, -0.05) is 25.7 Å². The van der Waals surface area contributed by atoms with Gasteiger partial charge in [-0.15, -0.1) is 0 Å². The van der Waals surface area contributed by atoms with Crippen LogP contribution in [0.3, 0.4) is 0 Å². The van der Waals surface area contributed by atoms with Crippen LogP contribution in [0.15, 0.2) is 0 Å². The van der Waals surface area contributed by atoms with Crippen molar-refractivity contribution in [3.05, 3.63) is 0 Å². The van der Waals surface area contributed by atoms with Gasteiger partial charge in [0.2, 0.25) is 5.91 Å². The lowest BCUT2D eigenvalue weighted by Crippen LogP contribution is -1.99. The van der Waals surface area contributed by atoms with E-state index >= 15 is 0 Å². The number of carbonyl (C=O) groups excluding carboxylic acids is 2. The Kier molecular flexibility index (Phi) is 8.76. The van der Waals surface area contributed by atoms with Gasteiger partial charge in [0.15, 0.2) is 0 Å². The smallest absolute Gasteiger partial charge is 0.301 e. The Morgan fingerprint density at radius 1 is 0.933 bits per heavy atom. The molecule has 0 saturated heterocycles. The number of hydrogen-bond acceptors (Lipinski definition) is 4. The van der Waals surface area contributed by atoms with Crippen LogP contribution in [0.2, 0.25) is 0 Å². The molecule has 15 heavy (non-hydrogen) atoms. The first-order valence-corrected chi connectivity index (χ1v) is 5.25. The van der Waals surface area contributed by atoms with Crippen LogP contribution < -0.4 is 5.73 Å². The number of carbonyl (C=O) groups is 2. The molecule has 5 nitrogen and oxygen atoms in total. The van der Waals surface area contributed by atoms with E-state index in [2.05, 4.69) is 4.89 Å². The van der Waals surface area contributed by atoms with Gasteiger partial charge < -0.3 is 4.89 Å². The molecule has 0 aromatic carbocycles. The third-order valence-corrected chi connectivity index (χ3v) is 2.14. The minimum absolute atomic E-state index is 0.252. The second kappa shape index (κ2) is 9.45. The normalized spacial score (nSPS) is 9.93. The Morgan fingerprint density at radius 3 is 1.87 bits per heavy atom. The molecule has 0 aromatic heterocycles. The summed E-state index contributed by atoms with van der Waals surface area (Å²) in [4.78, 5) is 24.3. The summed E-state index contributed by atoms with van der Waals surface area (Å²) in [6.45, 7) is 0. The molecular formula is C10H18NO4. The first kappa shape index (κ1) is 13.9. The van der Waals surface area contributed by atoms with Gasteiger partial charge in [-0.05, 0) is 12.8 Å². The van der Waals surface area contributed by atoms with Gasteiger partial charge in [0.1, 0.15) is 0 Å². The van der Waals surface area contributed by atoms with Crippen LogP contribution in [0.25, 0.3) is 0 Å². The predicted molar refractivity (Wildman–Crippen MR) is 53.8 cm³/mol. The van der Waals surface area contributed by atoms with E-state index in [1.807, 2.05) is 0 Å². The van der Waals surface area contributed by atoms with Crippen molar-refractivity contribution in [1.82, 2.24) is 5.73 Å². The lowest BCUT2D eigenvalue weighted by atomic mass is 10.1. The van der Waals surface area contributed by atoms with Crippen molar-refractivity contribution in [2.75, 3.05) is 0 Å². The van der Waals surface area contributed by atoms with Gasteiger partial charge in [-0.25, -0.2) is 4.79 Å². The summed E-state index contributed by atoms with van der Waals surface area (Å²) in [5, 5.41) is 7.96. The van der Waals surface area contributed by atoms with Crippen molar-refractivity contribution < 1.29 is 19.7 Å². The Balaban J connectivity index is 3.05. The quantitative estimate of drug-likeness (QED) is 0.362. The lowest BCUT2D eigenvalue weighted by Gasteiger charge is -1.99. The second-order valence-electron chi connectivity index (χ2n) is 3.51. The zero-order valence-electron chi connectivity index (χ0n) is 8.83. The summed E-state index contributed by atoms with van der Waals surface area (Å²) in [5.74, 6) is -1.09. The van der Waals surface area contributed by atoms with Crippen LogP contribution in [-0.2, 0) is 14.5 Å². The monoisotopic (exact) mass is 216 g/mol. The van der Waals surface area contributed by atoms with Crippen LogP contribution in [0.1, 0.15) is 51.4 Å². The zero-order chi connectivity index (χ0) is 11.5. The first-order valence-electron chi connectivity index (χ1n) is 5.25. The van der Waals surface area contributed by atoms with Gasteiger partial charge in [-0.2, -0.15) is 5.26 Å². The fraction of sp³-hybridized carbons (Fsp3) is 0.800. The highest BCUT2D eigenvalue weighted by Gasteiger charge is 2.01. The van der Waals surface area contributed by atoms with Crippen LogP contribution in [0, 0.1) is 0 Å². The fourth-order valence-corrected chi connectivity index (χ4v) is 1.31. The van der Waals surface area contributed by atoms with Crippen LogP contribution in [-0.4, -0.2) is 17.1 Å². The molecule has 0 heterocycles. The zero-order valence-corrected chi connectivity index (χ0v) is 8.83. The molecule has 1 radical (unpaired) electrons. The Bertz CT molecular complexity index is 194. The Hall–Kier alpha value is -1.10. The Labute approximate surface area is 89.5 Å². The molecule has 0 rings (SSSR count). The molecule has 2 N–H and O–H groups in total. The van der Waals surface area contributed by atoms with Crippen LogP contribution in [0.4, 0.5) is 0 Å². The molecule has 0 aliphatic heterocycles. The topological polar surface area (TPSA) is 87.4 Å². The number of rotatable bonds is 9. The maximum absolute atomic E-state index is 10.5. The lowest BCUT2D eigenvalue weighted by molar-refractivity contribution is -0.234. The summed E-state index contributed by atoms with van der Waals surface area (Å²) < 4.78 is 0. The molecule has 0 atom stereocenters. The molecular weight excluding hydrogens is 198 g/mol. The van der Waals surface area contributed by atoms with E-state index < -0.39 is 11.9 Å². The Morgan fingerprint density at radius 2 is 1.40 bits per heavy atom. The molecule has 0 aliphatic carbocycles. The van der Waals surface area contributed by atoms with E-state index in [-0.39, 0.29) is 6.42 Å². The standard InChI is InChI=1S/C10H18NO4/c11-9(12)7-5-3-1-2-4-6-8-10(13)15-14/h11,14H,1-8H2. The molecule has 1 amide bonds. The molecule has 0 aliphatic rings. The van der Waals surface area contributed by atoms with Gasteiger partial charge >= 0.3 is 5.97 Å². The van der Waals surface area contributed by atoms with Gasteiger partial charge in [0.25, 0.3) is 0 Å². The molecule has 0 aromatic rings. The number of hydrogen-bond donors (Lipinski definition) is 1. The van der Waals surface area contributed by atoms with Crippen molar-refractivity contribution in [2.45, 2.75) is 51.4 Å². The summed E-state index contributed by atoms with van der Waals surface area (Å²) in [6, 6.07) is 0. The van der Waals surface area contributed by atoms with E-state index in [0.717, 1.165) is 38.5 Å². The number of amides is 1. The van der Waals surface area contributed by atoms with E-state index in [1.165, 1.54) is 0 Å². The van der Waals surface area contributed by atoms with Crippen molar-refractivity contribution in [2.24, 2.45) is 0 Å². The average Bonchev–Trinajstić information content (AvgIpc) is 2.21. The van der Waals surface area contributed by atoms with Crippen molar-refractivity contribution in [3.63, 3.8) is 0 Å². The highest BCUT2D eigenvalue weighted by Crippen LogP contribution is 2.08. The summed E-state index contributed by atoms with van der Waals surface area (Å²) in [7, 11) is 0. The summed E-state index contributed by atoms with van der Waals surface area (Å²) in [5.41, 5.74) is 6.68. The van der Waals surface area contributed by atoms with Gasteiger partial charge in [-0.3, -0.25) is 10.5 Å². The maximum atomic E-state index is 10.5. The number of unbranched alkanes of at least 4 members (excludes halogenated alkanes) is 5. The first-order chi connectivity index (χ1) is 7.16. The van der Waals surface area contributed by atoms with E-state index in [4.69, 9.17) is 11.0 Å². The third-order valence-electron chi connectivity index (χ3n) is 2.14. The molecule has 0 unspecified atom stereocenters. The minimum atomic E-state index is -0.588. The largest absolute Gasteiger partial charge is 0.342 e. The van der Waals surface area contributed by atoms with Gasteiger partial charge in [0.05, 0.1) is 0 Å². The van der Waals surface area contributed by atoms with E-state index in [1.54, 1.807) is 0 Å².